The number of hydrogen-bond acceptors (Lipinski definition) is 4. The Hall–Kier alpha value is -3.89. The van der Waals surface area contributed by atoms with Gasteiger partial charge >= 0.3 is 0 Å². The van der Waals surface area contributed by atoms with Crippen LogP contribution in [0.25, 0.3) is 17.0 Å². The molecule has 0 atom stereocenters. The van der Waals surface area contributed by atoms with Crippen LogP contribution < -0.4 is 10.6 Å². The van der Waals surface area contributed by atoms with Crippen LogP contribution in [-0.4, -0.2) is 36.6 Å². The highest BCUT2D eigenvalue weighted by Crippen LogP contribution is 2.24. The first kappa shape index (κ1) is 22.8. The number of nitrogens with zero attached hydrogens (tertiary/aromatic N) is 2. The van der Waals surface area contributed by atoms with E-state index < -0.39 is 5.91 Å². The van der Waals surface area contributed by atoms with Gasteiger partial charge in [-0.15, -0.1) is 0 Å². The molecule has 0 saturated heterocycles. The number of benzene rings is 2. The third-order valence-corrected chi connectivity index (χ3v) is 5.06. The number of anilines is 1. The van der Waals surface area contributed by atoms with Gasteiger partial charge in [-0.1, -0.05) is 35.9 Å². The molecule has 0 aliphatic carbocycles. The second kappa shape index (κ2) is 10.4. The van der Waals surface area contributed by atoms with Gasteiger partial charge in [0.25, 0.3) is 5.91 Å². The van der Waals surface area contributed by atoms with Crippen molar-refractivity contribution in [1.82, 2.24) is 9.88 Å². The number of carbonyl (C=O) groups excluding carboxylic acids is 2. The van der Waals surface area contributed by atoms with E-state index in [1.807, 2.05) is 62.4 Å². The van der Waals surface area contributed by atoms with Crippen molar-refractivity contribution >= 4 is 34.5 Å². The molecule has 2 aromatic carbocycles. The molecule has 0 radical (unpaired) electrons. The maximum Gasteiger partial charge on any atom is 0.266 e. The van der Waals surface area contributed by atoms with Crippen molar-refractivity contribution in [2.45, 2.75) is 20.4 Å². The third-order valence-electron chi connectivity index (χ3n) is 5.06. The van der Waals surface area contributed by atoms with Crippen LogP contribution in [0.4, 0.5) is 5.69 Å². The van der Waals surface area contributed by atoms with Crippen LogP contribution in [-0.2, 0) is 20.9 Å². The molecule has 0 saturated carbocycles. The summed E-state index contributed by atoms with van der Waals surface area (Å²) in [5.74, 6) is -0.625. The molecular formula is C25H26N4O3. The Morgan fingerprint density at radius 1 is 1.19 bits per heavy atom. The van der Waals surface area contributed by atoms with Gasteiger partial charge in [0.05, 0.1) is 6.61 Å². The zero-order valence-electron chi connectivity index (χ0n) is 18.4. The van der Waals surface area contributed by atoms with Crippen LogP contribution >= 0.6 is 0 Å². The Balaban J connectivity index is 1.87. The molecule has 7 nitrogen and oxygen atoms in total. The zero-order valence-corrected chi connectivity index (χ0v) is 18.4. The standard InChI is InChI=1S/C25H26N4O3/c1-17-8-9-22(18(2)12-17)28-25(31)19(14-26)13-20-15-29(16-24(30)27-10-11-32-3)23-7-5-4-6-21(20)23/h4-9,12-13,15H,10-11,16H2,1-3H3,(H,27,30)(H,28,31)/b19-13+. The molecule has 7 heteroatoms. The van der Waals surface area contributed by atoms with E-state index in [1.54, 1.807) is 23.9 Å². The average molecular weight is 431 g/mol. The Labute approximate surface area is 187 Å². The lowest BCUT2D eigenvalue weighted by molar-refractivity contribution is -0.121. The highest BCUT2D eigenvalue weighted by molar-refractivity contribution is 6.11. The minimum atomic E-state index is -0.478. The fraction of sp³-hybridized carbons (Fsp3) is 0.240. The van der Waals surface area contributed by atoms with E-state index in [0.29, 0.717) is 24.4 Å². The van der Waals surface area contributed by atoms with Gasteiger partial charge in [-0.2, -0.15) is 5.26 Å². The Bertz CT molecular complexity index is 1220. The Morgan fingerprint density at radius 2 is 1.97 bits per heavy atom. The number of nitrogens with one attached hydrogen (secondary N) is 2. The molecular weight excluding hydrogens is 404 g/mol. The molecule has 1 heterocycles. The highest BCUT2D eigenvalue weighted by atomic mass is 16.5. The maximum atomic E-state index is 12.8. The molecule has 0 fully saturated rings. The number of methoxy groups -OCH3 is 1. The van der Waals surface area contributed by atoms with Gasteiger partial charge in [0.1, 0.15) is 18.2 Å². The average Bonchev–Trinajstić information content (AvgIpc) is 3.11. The molecule has 0 spiro atoms. The second-order valence-electron chi connectivity index (χ2n) is 7.51. The smallest absolute Gasteiger partial charge is 0.266 e. The van der Waals surface area contributed by atoms with Gasteiger partial charge in [0.2, 0.25) is 5.91 Å². The second-order valence-corrected chi connectivity index (χ2v) is 7.51. The van der Waals surface area contributed by atoms with Crippen LogP contribution in [0.5, 0.6) is 0 Å². The lowest BCUT2D eigenvalue weighted by Gasteiger charge is -2.08. The van der Waals surface area contributed by atoms with Gasteiger partial charge in [0.15, 0.2) is 0 Å². The van der Waals surface area contributed by atoms with Crippen molar-refractivity contribution in [3.8, 4) is 6.07 Å². The molecule has 0 aliphatic heterocycles. The Kier molecular flexibility index (Phi) is 7.42. The topological polar surface area (TPSA) is 96.2 Å². The van der Waals surface area contributed by atoms with E-state index in [4.69, 9.17) is 4.74 Å². The summed E-state index contributed by atoms with van der Waals surface area (Å²) in [4.78, 5) is 25.0. The summed E-state index contributed by atoms with van der Waals surface area (Å²) >= 11 is 0. The number of hydrogen-bond donors (Lipinski definition) is 2. The molecule has 3 aromatic rings. The third kappa shape index (κ3) is 5.42. The minimum absolute atomic E-state index is 0.0163. The number of ether oxygens (including phenoxy) is 1. The number of aryl methyl sites for hydroxylation is 2. The number of amides is 2. The van der Waals surface area contributed by atoms with Gasteiger partial charge in [-0.3, -0.25) is 9.59 Å². The number of nitriles is 1. The molecule has 0 unspecified atom stereocenters. The fourth-order valence-electron chi connectivity index (χ4n) is 3.47. The number of rotatable bonds is 8. The van der Waals surface area contributed by atoms with E-state index in [2.05, 4.69) is 10.6 Å². The van der Waals surface area contributed by atoms with Crippen molar-refractivity contribution in [2.24, 2.45) is 0 Å². The first-order valence-electron chi connectivity index (χ1n) is 10.3. The fourth-order valence-corrected chi connectivity index (χ4v) is 3.47. The highest BCUT2D eigenvalue weighted by Gasteiger charge is 2.14. The summed E-state index contributed by atoms with van der Waals surface area (Å²) in [6, 6.07) is 15.3. The van der Waals surface area contributed by atoms with Crippen molar-refractivity contribution in [1.29, 1.82) is 5.26 Å². The van der Waals surface area contributed by atoms with Crippen LogP contribution in [0.2, 0.25) is 0 Å². The van der Waals surface area contributed by atoms with E-state index in [-0.39, 0.29) is 18.0 Å². The monoisotopic (exact) mass is 430 g/mol. The summed E-state index contributed by atoms with van der Waals surface area (Å²) in [7, 11) is 1.58. The Morgan fingerprint density at radius 3 is 2.69 bits per heavy atom. The molecule has 0 bridgehead atoms. The SMILES string of the molecule is COCCNC(=O)Cn1cc(/C=C(\C#N)C(=O)Nc2ccc(C)cc2C)c2ccccc21. The normalized spacial score (nSPS) is 11.2. The quantitative estimate of drug-likeness (QED) is 0.324. The van der Waals surface area contributed by atoms with E-state index in [0.717, 1.165) is 22.0 Å². The van der Waals surface area contributed by atoms with Crippen molar-refractivity contribution in [2.75, 3.05) is 25.6 Å². The molecule has 164 valence electrons. The predicted molar refractivity (Wildman–Crippen MR) is 125 cm³/mol. The van der Waals surface area contributed by atoms with Crippen LogP contribution in [0.3, 0.4) is 0 Å². The number of carbonyl (C=O) groups is 2. The lowest BCUT2D eigenvalue weighted by Crippen LogP contribution is -2.30. The minimum Gasteiger partial charge on any atom is -0.383 e. The van der Waals surface area contributed by atoms with Gasteiger partial charge in [-0.05, 0) is 37.6 Å². The summed E-state index contributed by atoms with van der Waals surface area (Å²) in [5.41, 5.74) is 4.20. The van der Waals surface area contributed by atoms with Gasteiger partial charge in [-0.25, -0.2) is 0 Å². The van der Waals surface area contributed by atoms with Crippen LogP contribution in [0.1, 0.15) is 16.7 Å². The lowest BCUT2D eigenvalue weighted by atomic mass is 10.1. The number of fused-ring (bicyclic) bond motifs is 1. The molecule has 2 amide bonds. The summed E-state index contributed by atoms with van der Waals surface area (Å²) < 4.78 is 6.76. The summed E-state index contributed by atoms with van der Waals surface area (Å²) in [6.45, 7) is 4.87. The molecule has 1 aromatic heterocycles. The van der Waals surface area contributed by atoms with Crippen molar-refractivity contribution in [3.05, 3.63) is 70.9 Å². The van der Waals surface area contributed by atoms with Gasteiger partial charge in [0, 0.05) is 42.0 Å². The van der Waals surface area contributed by atoms with Gasteiger partial charge < -0.3 is 19.9 Å². The zero-order chi connectivity index (χ0) is 23.1. The van der Waals surface area contributed by atoms with E-state index >= 15 is 0 Å². The van der Waals surface area contributed by atoms with Crippen LogP contribution in [0, 0.1) is 25.2 Å². The van der Waals surface area contributed by atoms with E-state index in [1.165, 1.54) is 0 Å². The predicted octanol–water partition coefficient (Wildman–Crippen LogP) is 3.57. The summed E-state index contributed by atoms with van der Waals surface area (Å²) in [6.07, 6.45) is 3.34. The summed E-state index contributed by atoms with van der Waals surface area (Å²) in [5, 5.41) is 16.1. The van der Waals surface area contributed by atoms with Crippen molar-refractivity contribution in [3.63, 3.8) is 0 Å². The maximum absolute atomic E-state index is 12.8. The molecule has 2 N–H and O–H groups in total. The first-order valence-corrected chi connectivity index (χ1v) is 10.3. The number of para-hydroxylation sites is 1. The largest absolute Gasteiger partial charge is 0.383 e. The molecule has 32 heavy (non-hydrogen) atoms. The first-order chi connectivity index (χ1) is 15.4. The van der Waals surface area contributed by atoms with E-state index in [9.17, 15) is 14.9 Å². The molecule has 0 aliphatic rings. The van der Waals surface area contributed by atoms with Crippen LogP contribution in [0.15, 0.2) is 54.2 Å². The van der Waals surface area contributed by atoms with Crippen molar-refractivity contribution < 1.29 is 14.3 Å². The molecule has 3 rings (SSSR count). The number of aromatic nitrogens is 1.